The van der Waals surface area contributed by atoms with E-state index in [0.717, 1.165) is 0 Å². The predicted molar refractivity (Wildman–Crippen MR) is 225 cm³/mol. The lowest BCUT2D eigenvalue weighted by molar-refractivity contribution is 0.647. The molecule has 4 nitrogen and oxygen atoms in total. The van der Waals surface area contributed by atoms with Crippen LogP contribution in [0.5, 0.6) is 0 Å². The van der Waals surface area contributed by atoms with Crippen LogP contribution < -0.4 is 30.2 Å². The van der Waals surface area contributed by atoms with Crippen LogP contribution in [0.4, 0.5) is 44.1 Å². The first kappa shape index (κ1) is 28.9. The van der Waals surface area contributed by atoms with E-state index in [1.165, 1.54) is 99.6 Å². The van der Waals surface area contributed by atoms with Gasteiger partial charge in [-0.3, -0.25) is 0 Å². The van der Waals surface area contributed by atoms with E-state index in [2.05, 4.69) is 180 Å². The van der Waals surface area contributed by atoms with Gasteiger partial charge >= 0.3 is 14.0 Å². The number of anilines is 8. The van der Waals surface area contributed by atoms with E-state index >= 15 is 0 Å². The Bertz CT molecular complexity index is 2630. The standard InChI is InChI=1S/C46H34B2N4S/c1-45(2)31-19-7-11-25-37(31)49-41-42-44(53-43(41)51-35-23-9-5-15-27(35)29-17-13-21-33(45)39(29)47(49)51)52-36-24-10-6-16-28(36)30-18-14-22-34-40(30)48(52)50(42)38-26-12-8-20-32(38)46(34,3)4/h5-26H,1-4H3. The topological polar surface area (TPSA) is 13.0 Å². The lowest BCUT2D eigenvalue weighted by Gasteiger charge is -2.37. The number of fused-ring (bicyclic) bond motifs is 17. The molecule has 0 saturated heterocycles. The number of rotatable bonds is 0. The van der Waals surface area contributed by atoms with Gasteiger partial charge in [0.2, 0.25) is 0 Å². The Labute approximate surface area is 314 Å². The molecule has 0 N–H and O–H groups in total. The van der Waals surface area contributed by atoms with Crippen LogP contribution in [0.3, 0.4) is 0 Å². The van der Waals surface area contributed by atoms with Crippen LogP contribution in [0.15, 0.2) is 133 Å². The first-order valence-electron chi connectivity index (χ1n) is 18.9. The second-order valence-electron chi connectivity index (χ2n) is 16.5. The molecule has 0 fully saturated rings. The predicted octanol–water partition coefficient (Wildman–Crippen LogP) is 10.4. The third kappa shape index (κ3) is 3.14. The molecular weight excluding hydrogens is 662 g/mol. The van der Waals surface area contributed by atoms with Crippen molar-refractivity contribution in [2.24, 2.45) is 0 Å². The Morgan fingerprint density at radius 3 is 1.19 bits per heavy atom. The summed E-state index contributed by atoms with van der Waals surface area (Å²) >= 11 is 1.97. The molecule has 1 aromatic heterocycles. The van der Waals surface area contributed by atoms with Crippen LogP contribution in [-0.2, 0) is 10.8 Å². The summed E-state index contributed by atoms with van der Waals surface area (Å²) in [6.07, 6.45) is 0. The van der Waals surface area contributed by atoms with Crippen LogP contribution >= 0.6 is 11.3 Å². The lowest BCUT2D eigenvalue weighted by Crippen LogP contribution is -2.57. The summed E-state index contributed by atoms with van der Waals surface area (Å²) < 4.78 is 0. The largest absolute Gasteiger partial charge is 0.422 e. The Morgan fingerprint density at radius 1 is 0.377 bits per heavy atom. The minimum atomic E-state index is -0.201. The van der Waals surface area contributed by atoms with Crippen molar-refractivity contribution in [3.8, 4) is 22.3 Å². The Kier molecular flexibility index (Phi) is 5.06. The zero-order valence-corrected chi connectivity index (χ0v) is 30.9. The summed E-state index contributed by atoms with van der Waals surface area (Å²) in [5.41, 5.74) is 21.1. The van der Waals surface area contributed by atoms with Crippen LogP contribution in [0.2, 0.25) is 0 Å². The second kappa shape index (κ2) is 9.28. The highest BCUT2D eigenvalue weighted by Crippen LogP contribution is 2.69. The summed E-state index contributed by atoms with van der Waals surface area (Å²) in [6.45, 7) is 9.70. The molecule has 6 aliphatic heterocycles. The summed E-state index contributed by atoms with van der Waals surface area (Å²) in [6, 6.07) is 50.7. The monoisotopic (exact) mass is 696 g/mol. The van der Waals surface area contributed by atoms with Gasteiger partial charge in [-0.2, -0.15) is 0 Å². The Hall–Kier alpha value is -5.65. The van der Waals surface area contributed by atoms with E-state index < -0.39 is 0 Å². The van der Waals surface area contributed by atoms with Crippen LogP contribution in [0.1, 0.15) is 49.9 Å². The zero-order chi connectivity index (χ0) is 35.1. The van der Waals surface area contributed by atoms with Gasteiger partial charge < -0.3 is 19.2 Å². The van der Waals surface area contributed by atoms with Gasteiger partial charge in [0.15, 0.2) is 0 Å². The molecule has 53 heavy (non-hydrogen) atoms. The normalized spacial score (nSPS) is 17.5. The van der Waals surface area contributed by atoms with Crippen LogP contribution in [-0.4, -0.2) is 14.0 Å². The fourth-order valence-electron chi connectivity index (χ4n) is 11.1. The van der Waals surface area contributed by atoms with E-state index in [0.29, 0.717) is 0 Å². The van der Waals surface area contributed by atoms with Gasteiger partial charge in [0, 0.05) is 44.7 Å². The number of hydrogen-bond acceptors (Lipinski definition) is 5. The number of benzene rings is 6. The number of para-hydroxylation sites is 4. The molecule has 0 radical (unpaired) electrons. The fraction of sp³-hybridized carbons (Fsp3) is 0.130. The third-order valence-corrected chi connectivity index (χ3v) is 14.5. The van der Waals surface area contributed by atoms with E-state index in [9.17, 15) is 0 Å². The SMILES string of the molecule is CC1(C)c2ccccc2N2B3c4c(cccc41)-c1ccccc1N3c1sc3c(c12)N1B2c4c(cccc4C(C)(C)c4ccccc41)-c1ccccc1N23. The van der Waals surface area contributed by atoms with Gasteiger partial charge in [0.25, 0.3) is 0 Å². The summed E-state index contributed by atoms with van der Waals surface area (Å²) in [7, 11) is 0. The Morgan fingerprint density at radius 2 is 0.736 bits per heavy atom. The molecule has 0 atom stereocenters. The number of hydrogen-bond donors (Lipinski definition) is 0. The third-order valence-electron chi connectivity index (χ3n) is 13.4. The van der Waals surface area contributed by atoms with Crippen molar-refractivity contribution in [1.29, 1.82) is 0 Å². The quantitative estimate of drug-likeness (QED) is 0.146. The van der Waals surface area contributed by atoms with Crippen molar-refractivity contribution >= 4 is 80.4 Å². The lowest BCUT2D eigenvalue weighted by atomic mass is 9.56. The molecular formula is C46H34B2N4S. The van der Waals surface area contributed by atoms with Crippen molar-refractivity contribution < 1.29 is 0 Å². The number of thiophene rings is 1. The van der Waals surface area contributed by atoms with E-state index in [4.69, 9.17) is 0 Å². The fourth-order valence-corrected chi connectivity index (χ4v) is 12.5. The van der Waals surface area contributed by atoms with Crippen molar-refractivity contribution in [2.45, 2.75) is 38.5 Å². The molecule has 0 amide bonds. The van der Waals surface area contributed by atoms with Crippen molar-refractivity contribution in [3.05, 3.63) is 156 Å². The summed E-state index contributed by atoms with van der Waals surface area (Å²) in [4.78, 5) is 10.9. The minimum Gasteiger partial charge on any atom is -0.357 e. The summed E-state index contributed by atoms with van der Waals surface area (Å²) in [5.74, 6) is 0. The van der Waals surface area contributed by atoms with Crippen molar-refractivity contribution in [1.82, 2.24) is 0 Å². The van der Waals surface area contributed by atoms with Gasteiger partial charge in [-0.05, 0) is 68.6 Å². The first-order chi connectivity index (χ1) is 25.9. The maximum Gasteiger partial charge on any atom is 0.422 e. The molecule has 13 rings (SSSR count). The number of nitrogens with zero attached hydrogens (tertiary/aromatic N) is 4. The molecule has 0 spiro atoms. The van der Waals surface area contributed by atoms with Crippen LogP contribution in [0, 0.1) is 0 Å². The molecule has 7 heterocycles. The van der Waals surface area contributed by atoms with Gasteiger partial charge in [0.05, 0.1) is 11.4 Å². The molecule has 0 saturated carbocycles. The van der Waals surface area contributed by atoms with Crippen molar-refractivity contribution in [3.63, 3.8) is 0 Å². The maximum atomic E-state index is 2.74. The van der Waals surface area contributed by atoms with Gasteiger partial charge in [-0.15, -0.1) is 0 Å². The van der Waals surface area contributed by atoms with Gasteiger partial charge in [0.1, 0.15) is 10.0 Å². The molecule has 6 aliphatic rings. The summed E-state index contributed by atoms with van der Waals surface area (Å²) in [5, 5.41) is 2.64. The van der Waals surface area contributed by atoms with Crippen molar-refractivity contribution in [2.75, 3.05) is 19.2 Å². The molecule has 0 bridgehead atoms. The van der Waals surface area contributed by atoms with E-state index in [1.807, 2.05) is 11.3 Å². The molecule has 0 aliphatic carbocycles. The smallest absolute Gasteiger partial charge is 0.357 e. The van der Waals surface area contributed by atoms with E-state index in [-0.39, 0.29) is 24.8 Å². The highest BCUT2D eigenvalue weighted by atomic mass is 32.1. The average molecular weight is 696 g/mol. The average Bonchev–Trinajstić information content (AvgIpc) is 3.80. The highest BCUT2D eigenvalue weighted by Gasteiger charge is 2.61. The first-order valence-corrected chi connectivity index (χ1v) is 19.7. The maximum absolute atomic E-state index is 2.74. The molecule has 0 unspecified atom stereocenters. The minimum absolute atomic E-state index is 0.00278. The molecule has 7 aromatic rings. The molecule has 6 aromatic carbocycles. The van der Waals surface area contributed by atoms with Gasteiger partial charge in [-0.1, -0.05) is 148 Å². The zero-order valence-electron chi connectivity index (χ0n) is 30.1. The van der Waals surface area contributed by atoms with Crippen LogP contribution in [0.25, 0.3) is 22.3 Å². The second-order valence-corrected chi connectivity index (χ2v) is 17.5. The van der Waals surface area contributed by atoms with E-state index in [1.54, 1.807) is 0 Å². The van der Waals surface area contributed by atoms with Gasteiger partial charge in [-0.25, -0.2) is 0 Å². The Balaban J connectivity index is 1.21. The molecule has 7 heteroatoms. The highest BCUT2D eigenvalue weighted by molar-refractivity contribution is 7.25. The molecule has 250 valence electrons.